The molecule has 0 radical (unpaired) electrons. The maximum atomic E-state index is 12.0. The zero-order valence-corrected chi connectivity index (χ0v) is 18.5. The number of benzene rings is 2. The number of ether oxygens (including phenoxy) is 3. The number of amides is 1. The highest BCUT2D eigenvalue weighted by Gasteiger charge is 2.38. The van der Waals surface area contributed by atoms with E-state index in [1.165, 1.54) is 5.56 Å². The lowest BCUT2D eigenvalue weighted by Crippen LogP contribution is -2.29. The summed E-state index contributed by atoms with van der Waals surface area (Å²) in [5.74, 6) is 2.60. The summed E-state index contributed by atoms with van der Waals surface area (Å²) in [6.07, 6.45) is 6.88. The molecule has 164 valence electrons. The van der Waals surface area contributed by atoms with Crippen LogP contribution in [0.15, 0.2) is 42.5 Å². The first-order valence-corrected chi connectivity index (χ1v) is 10.8. The van der Waals surface area contributed by atoms with Gasteiger partial charge in [-0.25, -0.2) is 0 Å². The molecule has 6 heteroatoms. The third-order valence-corrected chi connectivity index (χ3v) is 6.17. The molecule has 0 bridgehead atoms. The van der Waals surface area contributed by atoms with Crippen molar-refractivity contribution in [3.8, 4) is 17.2 Å². The molecule has 2 aliphatic rings. The fraction of sp³-hybridized carbons (Fsp3) is 0.400. The van der Waals surface area contributed by atoms with E-state index in [0.29, 0.717) is 29.6 Å². The van der Waals surface area contributed by atoms with Crippen molar-refractivity contribution in [1.29, 1.82) is 0 Å². The molecule has 4 rings (SSSR count). The predicted octanol–water partition coefficient (Wildman–Crippen LogP) is 5.28. The van der Waals surface area contributed by atoms with Crippen LogP contribution in [0.25, 0.3) is 0 Å². The smallest absolute Gasteiger partial charge is 0.224 e. The predicted molar refractivity (Wildman–Crippen MR) is 122 cm³/mol. The van der Waals surface area contributed by atoms with Crippen LogP contribution in [0.5, 0.6) is 17.2 Å². The molecule has 3 unspecified atom stereocenters. The first-order chi connectivity index (χ1) is 15.1. The van der Waals surface area contributed by atoms with Crippen LogP contribution < -0.4 is 24.8 Å². The SMILES string of the molecule is CCCC(=O)Nc1ccc2c(c1)C1C=CCC1C(c1cc(OC)c(OC)c(OC)c1)N2. The molecular formula is C25H30N2O4. The van der Waals surface area contributed by atoms with Gasteiger partial charge in [0, 0.05) is 23.7 Å². The average Bonchev–Trinajstić information content (AvgIpc) is 3.28. The third kappa shape index (κ3) is 3.94. The molecule has 1 aliphatic heterocycles. The van der Waals surface area contributed by atoms with E-state index in [4.69, 9.17) is 14.2 Å². The van der Waals surface area contributed by atoms with Gasteiger partial charge in [-0.15, -0.1) is 0 Å². The van der Waals surface area contributed by atoms with Crippen LogP contribution in [0.1, 0.15) is 49.3 Å². The lowest BCUT2D eigenvalue weighted by Gasteiger charge is -2.38. The molecule has 0 fully saturated rings. The van der Waals surface area contributed by atoms with Gasteiger partial charge in [-0.1, -0.05) is 19.1 Å². The van der Waals surface area contributed by atoms with E-state index in [9.17, 15) is 4.79 Å². The second-order valence-corrected chi connectivity index (χ2v) is 8.03. The summed E-state index contributed by atoms with van der Waals surface area (Å²) in [5.41, 5.74) is 4.25. The Labute approximate surface area is 183 Å². The fourth-order valence-electron chi connectivity index (χ4n) is 4.73. The van der Waals surface area contributed by atoms with Crippen LogP contribution in [0.3, 0.4) is 0 Å². The number of anilines is 2. The van der Waals surface area contributed by atoms with Gasteiger partial charge in [0.15, 0.2) is 11.5 Å². The van der Waals surface area contributed by atoms with Crippen LogP contribution in [0, 0.1) is 5.92 Å². The number of hydrogen-bond donors (Lipinski definition) is 2. The van der Waals surface area contributed by atoms with E-state index in [-0.39, 0.29) is 17.9 Å². The normalized spacial score (nSPS) is 21.0. The maximum absolute atomic E-state index is 12.0. The molecule has 2 N–H and O–H groups in total. The van der Waals surface area contributed by atoms with Crippen molar-refractivity contribution in [3.05, 3.63) is 53.6 Å². The summed E-state index contributed by atoms with van der Waals surface area (Å²) in [6, 6.07) is 10.3. The standard InChI is InChI=1S/C25H30N2O4/c1-5-7-23(28)26-16-10-11-20-19(14-16)17-8-6-9-18(17)24(27-20)15-12-21(29-2)25(31-4)22(13-15)30-3/h6,8,10-14,17-18,24,27H,5,7,9H2,1-4H3,(H,26,28). The highest BCUT2D eigenvalue weighted by Crippen LogP contribution is 2.52. The summed E-state index contributed by atoms with van der Waals surface area (Å²) in [7, 11) is 4.89. The summed E-state index contributed by atoms with van der Waals surface area (Å²) >= 11 is 0. The van der Waals surface area contributed by atoms with Crippen LogP contribution in [0.2, 0.25) is 0 Å². The Morgan fingerprint density at radius 2 is 1.84 bits per heavy atom. The van der Waals surface area contributed by atoms with E-state index in [2.05, 4.69) is 34.9 Å². The van der Waals surface area contributed by atoms with Gasteiger partial charge in [-0.3, -0.25) is 4.79 Å². The summed E-state index contributed by atoms with van der Waals surface area (Å²) < 4.78 is 16.6. The van der Waals surface area contributed by atoms with E-state index in [1.54, 1.807) is 21.3 Å². The molecule has 2 aromatic carbocycles. The van der Waals surface area contributed by atoms with Gasteiger partial charge < -0.3 is 24.8 Å². The van der Waals surface area contributed by atoms with Crippen molar-refractivity contribution in [2.24, 2.45) is 5.92 Å². The Balaban J connectivity index is 1.69. The first-order valence-electron chi connectivity index (χ1n) is 10.8. The Morgan fingerprint density at radius 1 is 1.10 bits per heavy atom. The molecule has 2 aromatic rings. The topological polar surface area (TPSA) is 68.8 Å². The average molecular weight is 423 g/mol. The monoisotopic (exact) mass is 422 g/mol. The highest BCUT2D eigenvalue weighted by atomic mass is 16.5. The molecule has 0 aromatic heterocycles. The molecular weight excluding hydrogens is 392 g/mol. The first kappa shape index (κ1) is 21.1. The van der Waals surface area contributed by atoms with Gasteiger partial charge in [0.25, 0.3) is 0 Å². The number of allylic oxidation sites excluding steroid dienone is 2. The minimum Gasteiger partial charge on any atom is -0.493 e. The van der Waals surface area contributed by atoms with Gasteiger partial charge in [0.1, 0.15) is 0 Å². The molecule has 0 saturated heterocycles. The Morgan fingerprint density at radius 3 is 2.48 bits per heavy atom. The lowest BCUT2D eigenvalue weighted by atomic mass is 9.77. The fourth-order valence-corrected chi connectivity index (χ4v) is 4.73. The minimum absolute atomic E-state index is 0.0556. The van der Waals surface area contributed by atoms with Crippen molar-refractivity contribution in [2.45, 2.75) is 38.1 Å². The molecule has 31 heavy (non-hydrogen) atoms. The number of methoxy groups -OCH3 is 3. The van der Waals surface area contributed by atoms with Crippen LogP contribution >= 0.6 is 0 Å². The van der Waals surface area contributed by atoms with Crippen molar-refractivity contribution in [2.75, 3.05) is 32.0 Å². The Bertz CT molecular complexity index is 976. The van der Waals surface area contributed by atoms with E-state index in [0.717, 1.165) is 29.8 Å². The molecule has 6 nitrogen and oxygen atoms in total. The summed E-state index contributed by atoms with van der Waals surface area (Å²) in [6.45, 7) is 2.01. The van der Waals surface area contributed by atoms with Gasteiger partial charge in [-0.2, -0.15) is 0 Å². The summed E-state index contributed by atoms with van der Waals surface area (Å²) in [4.78, 5) is 12.0. The van der Waals surface area contributed by atoms with E-state index < -0.39 is 0 Å². The zero-order chi connectivity index (χ0) is 22.0. The second-order valence-electron chi connectivity index (χ2n) is 8.03. The molecule has 0 saturated carbocycles. The van der Waals surface area contributed by atoms with E-state index >= 15 is 0 Å². The van der Waals surface area contributed by atoms with Crippen LogP contribution in [-0.2, 0) is 4.79 Å². The summed E-state index contributed by atoms with van der Waals surface area (Å²) in [5, 5.41) is 6.75. The maximum Gasteiger partial charge on any atom is 0.224 e. The van der Waals surface area contributed by atoms with Crippen LogP contribution in [-0.4, -0.2) is 27.2 Å². The number of rotatable bonds is 7. The van der Waals surface area contributed by atoms with Crippen molar-refractivity contribution < 1.29 is 19.0 Å². The lowest BCUT2D eigenvalue weighted by molar-refractivity contribution is -0.116. The van der Waals surface area contributed by atoms with Crippen molar-refractivity contribution >= 4 is 17.3 Å². The molecule has 1 amide bonds. The second kappa shape index (κ2) is 8.92. The zero-order valence-electron chi connectivity index (χ0n) is 18.5. The molecule has 1 heterocycles. The van der Waals surface area contributed by atoms with E-state index in [1.807, 2.05) is 25.1 Å². The largest absolute Gasteiger partial charge is 0.493 e. The number of carbonyl (C=O) groups is 1. The van der Waals surface area contributed by atoms with Crippen LogP contribution in [0.4, 0.5) is 11.4 Å². The van der Waals surface area contributed by atoms with Gasteiger partial charge >= 0.3 is 0 Å². The molecule has 0 spiro atoms. The Hall–Kier alpha value is -3.15. The molecule has 3 atom stereocenters. The van der Waals surface area contributed by atoms with Gasteiger partial charge in [0.05, 0.1) is 27.4 Å². The van der Waals surface area contributed by atoms with Crippen molar-refractivity contribution in [1.82, 2.24) is 0 Å². The number of fused-ring (bicyclic) bond motifs is 3. The molecule has 1 aliphatic carbocycles. The Kier molecular flexibility index (Phi) is 6.07. The quantitative estimate of drug-likeness (QED) is 0.595. The van der Waals surface area contributed by atoms with Crippen molar-refractivity contribution in [3.63, 3.8) is 0 Å². The van der Waals surface area contributed by atoms with Gasteiger partial charge in [0.2, 0.25) is 11.7 Å². The minimum atomic E-state index is 0.0556. The van der Waals surface area contributed by atoms with Gasteiger partial charge in [-0.05, 0) is 60.2 Å². The third-order valence-electron chi connectivity index (χ3n) is 6.17. The number of carbonyl (C=O) groups excluding carboxylic acids is 1. The number of nitrogens with one attached hydrogen (secondary N) is 2. The number of hydrogen-bond acceptors (Lipinski definition) is 5. The highest BCUT2D eigenvalue weighted by molar-refractivity contribution is 5.91.